The predicted octanol–water partition coefficient (Wildman–Crippen LogP) is 4.65. The Morgan fingerprint density at radius 1 is 0.818 bits per heavy atom. The van der Waals surface area contributed by atoms with Crippen LogP contribution in [0.4, 0.5) is 0 Å². The standard InChI is InChI=1S/C19H32ClNO/c20-18-8-6-15(7-9-18)14-21-12-10-17(11-13-21)19(22)16-4-2-1-3-5-16/h15-18H,1-14H2. The van der Waals surface area contributed by atoms with Crippen LogP contribution in [0.2, 0.25) is 0 Å². The van der Waals surface area contributed by atoms with Crippen LogP contribution < -0.4 is 0 Å². The number of hydrogen-bond acceptors (Lipinski definition) is 2. The number of alkyl halides is 1. The average molecular weight is 326 g/mol. The van der Waals surface area contributed by atoms with E-state index in [1.54, 1.807) is 0 Å². The van der Waals surface area contributed by atoms with E-state index in [-0.39, 0.29) is 0 Å². The maximum absolute atomic E-state index is 12.7. The van der Waals surface area contributed by atoms with E-state index < -0.39 is 0 Å². The third-order valence-electron chi connectivity index (χ3n) is 6.29. The van der Waals surface area contributed by atoms with E-state index in [0.29, 0.717) is 23.0 Å². The fourth-order valence-corrected chi connectivity index (χ4v) is 5.04. The van der Waals surface area contributed by atoms with E-state index in [4.69, 9.17) is 11.6 Å². The minimum atomic E-state index is 0.373. The fraction of sp³-hybridized carbons (Fsp3) is 0.947. The summed E-state index contributed by atoms with van der Waals surface area (Å²) in [5, 5.41) is 0.426. The van der Waals surface area contributed by atoms with Crippen molar-refractivity contribution in [3.8, 4) is 0 Å². The van der Waals surface area contributed by atoms with E-state index in [1.807, 2.05) is 0 Å². The van der Waals surface area contributed by atoms with Crippen LogP contribution in [-0.4, -0.2) is 35.7 Å². The van der Waals surface area contributed by atoms with Gasteiger partial charge in [0, 0.05) is 23.8 Å². The van der Waals surface area contributed by atoms with Crippen molar-refractivity contribution in [2.75, 3.05) is 19.6 Å². The Morgan fingerprint density at radius 2 is 1.41 bits per heavy atom. The number of likely N-dealkylation sites (tertiary alicyclic amines) is 1. The summed E-state index contributed by atoms with van der Waals surface area (Å²) in [6.07, 6.45) is 13.4. The fourth-order valence-electron chi connectivity index (χ4n) is 4.79. The number of halogens is 1. The first kappa shape index (κ1) is 16.8. The number of nitrogens with zero attached hydrogens (tertiary/aromatic N) is 1. The summed E-state index contributed by atoms with van der Waals surface area (Å²) in [5.41, 5.74) is 0. The average Bonchev–Trinajstić information content (AvgIpc) is 2.58. The first-order valence-corrected chi connectivity index (χ1v) is 10.1. The van der Waals surface area contributed by atoms with Crippen molar-refractivity contribution in [2.24, 2.45) is 17.8 Å². The lowest BCUT2D eigenvalue weighted by atomic mass is 9.78. The Hall–Kier alpha value is -0.0800. The minimum Gasteiger partial charge on any atom is -0.303 e. The highest BCUT2D eigenvalue weighted by molar-refractivity contribution is 6.20. The maximum Gasteiger partial charge on any atom is 0.139 e. The van der Waals surface area contributed by atoms with E-state index in [1.165, 1.54) is 64.3 Å². The van der Waals surface area contributed by atoms with Crippen molar-refractivity contribution < 1.29 is 4.79 Å². The first-order chi connectivity index (χ1) is 10.7. The van der Waals surface area contributed by atoms with Gasteiger partial charge in [0.2, 0.25) is 0 Å². The predicted molar refractivity (Wildman–Crippen MR) is 92.3 cm³/mol. The van der Waals surface area contributed by atoms with E-state index in [9.17, 15) is 4.79 Å². The lowest BCUT2D eigenvalue weighted by Gasteiger charge is -2.36. The van der Waals surface area contributed by atoms with Gasteiger partial charge in [0.1, 0.15) is 5.78 Å². The smallest absolute Gasteiger partial charge is 0.139 e. The third kappa shape index (κ3) is 4.47. The molecule has 0 N–H and O–H groups in total. The molecule has 1 saturated heterocycles. The van der Waals surface area contributed by atoms with Crippen LogP contribution >= 0.6 is 11.6 Å². The number of piperidine rings is 1. The highest BCUT2D eigenvalue weighted by Crippen LogP contribution is 2.32. The van der Waals surface area contributed by atoms with Crippen LogP contribution in [0, 0.1) is 17.8 Å². The highest BCUT2D eigenvalue weighted by Gasteiger charge is 2.31. The molecule has 126 valence electrons. The van der Waals surface area contributed by atoms with Crippen LogP contribution in [0.5, 0.6) is 0 Å². The zero-order valence-electron chi connectivity index (χ0n) is 13.9. The second kappa shape index (κ2) is 8.15. The third-order valence-corrected chi connectivity index (χ3v) is 6.73. The zero-order valence-corrected chi connectivity index (χ0v) is 14.7. The van der Waals surface area contributed by atoms with Crippen LogP contribution in [-0.2, 0) is 4.79 Å². The molecular weight excluding hydrogens is 294 g/mol. The monoisotopic (exact) mass is 325 g/mol. The van der Waals surface area contributed by atoms with Gasteiger partial charge >= 0.3 is 0 Å². The summed E-state index contributed by atoms with van der Waals surface area (Å²) in [6.45, 7) is 3.53. The van der Waals surface area contributed by atoms with Crippen LogP contribution in [0.3, 0.4) is 0 Å². The molecule has 0 radical (unpaired) electrons. The molecule has 0 amide bonds. The van der Waals surface area contributed by atoms with Gasteiger partial charge in [-0.3, -0.25) is 4.79 Å². The molecule has 1 aliphatic heterocycles. The quantitative estimate of drug-likeness (QED) is 0.701. The molecule has 0 aromatic heterocycles. The normalized spacial score (nSPS) is 33.0. The highest BCUT2D eigenvalue weighted by atomic mass is 35.5. The Labute approximate surface area is 141 Å². The summed E-state index contributed by atoms with van der Waals surface area (Å²) in [5.74, 6) is 2.24. The molecule has 3 heteroatoms. The molecule has 3 aliphatic rings. The number of carbonyl (C=O) groups excluding carboxylic acids is 1. The summed E-state index contributed by atoms with van der Waals surface area (Å²) in [7, 11) is 0. The largest absolute Gasteiger partial charge is 0.303 e. The molecular formula is C19H32ClNO. The summed E-state index contributed by atoms with van der Waals surface area (Å²) >= 11 is 6.20. The van der Waals surface area contributed by atoms with Crippen LogP contribution in [0.1, 0.15) is 70.6 Å². The Kier molecular flexibility index (Phi) is 6.21. The van der Waals surface area contributed by atoms with Crippen molar-refractivity contribution in [2.45, 2.75) is 76.0 Å². The molecule has 0 aromatic carbocycles. The molecule has 0 spiro atoms. The van der Waals surface area contributed by atoms with Crippen molar-refractivity contribution in [3.05, 3.63) is 0 Å². The number of Topliss-reactive ketones (excluding diaryl/α,β-unsaturated/α-hetero) is 1. The molecule has 0 unspecified atom stereocenters. The van der Waals surface area contributed by atoms with E-state index in [2.05, 4.69) is 4.90 Å². The van der Waals surface area contributed by atoms with E-state index >= 15 is 0 Å². The molecule has 2 saturated carbocycles. The van der Waals surface area contributed by atoms with Crippen molar-refractivity contribution in [3.63, 3.8) is 0 Å². The number of carbonyl (C=O) groups is 1. The second-order valence-corrected chi connectivity index (χ2v) is 8.55. The summed E-state index contributed by atoms with van der Waals surface area (Å²) in [6, 6.07) is 0. The molecule has 0 bridgehead atoms. The molecule has 0 aromatic rings. The second-order valence-electron chi connectivity index (χ2n) is 7.93. The van der Waals surface area contributed by atoms with Crippen LogP contribution in [0.15, 0.2) is 0 Å². The van der Waals surface area contributed by atoms with Gasteiger partial charge in [-0.05, 0) is 70.4 Å². The van der Waals surface area contributed by atoms with Crippen molar-refractivity contribution in [1.82, 2.24) is 4.90 Å². The lowest BCUT2D eigenvalue weighted by molar-refractivity contribution is -0.129. The van der Waals surface area contributed by atoms with Gasteiger partial charge in [-0.1, -0.05) is 19.3 Å². The van der Waals surface area contributed by atoms with E-state index in [0.717, 1.165) is 31.8 Å². The van der Waals surface area contributed by atoms with Gasteiger partial charge in [0.15, 0.2) is 0 Å². The van der Waals surface area contributed by atoms with Gasteiger partial charge in [-0.2, -0.15) is 0 Å². The van der Waals surface area contributed by atoms with Gasteiger partial charge in [0.25, 0.3) is 0 Å². The lowest BCUT2D eigenvalue weighted by Crippen LogP contribution is -2.41. The Morgan fingerprint density at radius 3 is 2.05 bits per heavy atom. The molecule has 22 heavy (non-hydrogen) atoms. The zero-order chi connectivity index (χ0) is 15.4. The maximum atomic E-state index is 12.7. The molecule has 2 aliphatic carbocycles. The Balaban J connectivity index is 1.39. The van der Waals surface area contributed by atoms with Crippen molar-refractivity contribution >= 4 is 17.4 Å². The molecule has 3 rings (SSSR count). The molecule has 0 atom stereocenters. The number of hydrogen-bond donors (Lipinski definition) is 0. The minimum absolute atomic E-state index is 0.373. The topological polar surface area (TPSA) is 20.3 Å². The van der Waals surface area contributed by atoms with Gasteiger partial charge in [0.05, 0.1) is 0 Å². The summed E-state index contributed by atoms with van der Waals surface area (Å²) < 4.78 is 0. The molecule has 3 fully saturated rings. The number of ketones is 1. The molecule has 1 heterocycles. The van der Waals surface area contributed by atoms with Crippen LogP contribution in [0.25, 0.3) is 0 Å². The summed E-state index contributed by atoms with van der Waals surface area (Å²) in [4.78, 5) is 15.3. The number of rotatable bonds is 4. The van der Waals surface area contributed by atoms with Gasteiger partial charge in [-0.15, -0.1) is 11.6 Å². The first-order valence-electron chi connectivity index (χ1n) is 9.62. The van der Waals surface area contributed by atoms with Crippen molar-refractivity contribution in [1.29, 1.82) is 0 Å². The van der Waals surface area contributed by atoms with Gasteiger partial charge in [-0.25, -0.2) is 0 Å². The Bertz CT molecular complexity index is 350. The SMILES string of the molecule is O=C(C1CCCCC1)C1CCN(CC2CCC(Cl)CC2)CC1. The van der Waals surface area contributed by atoms with Gasteiger partial charge < -0.3 is 4.90 Å². The molecule has 2 nitrogen and oxygen atoms in total.